The number of carbonyl (C=O) groups excluding carboxylic acids is 1. The normalized spacial score (nSPS) is 12.5. The summed E-state index contributed by atoms with van der Waals surface area (Å²) in [6.45, 7) is 4.60. The second-order valence-electron chi connectivity index (χ2n) is 6.70. The number of carbonyl (C=O) groups is 1. The molecule has 3 aromatic heterocycles. The standard InChI is InChI=1S/C19H25N5OS/c1-13-6-7-14(2)24(13)19-16(10-21-23(19)5)18(25)20-11-17(22(3)4)15-8-9-26-12-15/h6-10,12,17H,11H2,1-5H3,(H,20,25)/t17-/m0/s1. The van der Waals surface area contributed by atoms with Gasteiger partial charge in [-0.25, -0.2) is 0 Å². The Kier molecular flexibility index (Phi) is 5.29. The number of aromatic nitrogens is 3. The third-order valence-electron chi connectivity index (χ3n) is 4.64. The van der Waals surface area contributed by atoms with Gasteiger partial charge < -0.3 is 14.8 Å². The lowest BCUT2D eigenvalue weighted by Gasteiger charge is -2.24. The molecule has 3 heterocycles. The lowest BCUT2D eigenvalue weighted by Crippen LogP contribution is -2.34. The first-order chi connectivity index (χ1) is 12.4. The quantitative estimate of drug-likeness (QED) is 0.725. The van der Waals surface area contributed by atoms with Crippen LogP contribution in [-0.4, -0.2) is 45.8 Å². The number of nitrogens with one attached hydrogen (secondary N) is 1. The number of likely N-dealkylation sites (N-methyl/N-ethyl adjacent to an activating group) is 1. The van der Waals surface area contributed by atoms with Crippen LogP contribution in [-0.2, 0) is 7.05 Å². The SMILES string of the molecule is Cc1ccc(C)n1-c1c(C(=O)NC[C@@H](c2ccsc2)N(C)C)cnn1C. The Morgan fingerprint density at radius 3 is 2.54 bits per heavy atom. The van der Waals surface area contributed by atoms with Crippen LogP contribution in [0.2, 0.25) is 0 Å². The molecule has 1 atom stereocenters. The van der Waals surface area contributed by atoms with Gasteiger partial charge in [-0.15, -0.1) is 0 Å². The first-order valence-corrected chi connectivity index (χ1v) is 9.48. The van der Waals surface area contributed by atoms with Crippen molar-refractivity contribution in [2.75, 3.05) is 20.6 Å². The highest BCUT2D eigenvalue weighted by Gasteiger charge is 2.22. The summed E-state index contributed by atoms with van der Waals surface area (Å²) in [6.07, 6.45) is 1.64. The Labute approximate surface area is 158 Å². The number of rotatable bonds is 6. The lowest BCUT2D eigenvalue weighted by molar-refractivity contribution is 0.0942. The van der Waals surface area contributed by atoms with Gasteiger partial charge in [0.2, 0.25) is 0 Å². The molecule has 0 fully saturated rings. The summed E-state index contributed by atoms with van der Waals surface area (Å²) in [5.74, 6) is 0.683. The fraction of sp³-hybridized carbons (Fsp3) is 0.368. The molecule has 1 N–H and O–H groups in total. The summed E-state index contributed by atoms with van der Waals surface area (Å²) in [4.78, 5) is 15.0. The maximum absolute atomic E-state index is 12.9. The Bertz CT molecular complexity index is 872. The minimum atomic E-state index is -0.109. The predicted molar refractivity (Wildman–Crippen MR) is 105 cm³/mol. The van der Waals surface area contributed by atoms with E-state index < -0.39 is 0 Å². The molecule has 0 unspecified atom stereocenters. The van der Waals surface area contributed by atoms with Crippen LogP contribution in [0.5, 0.6) is 0 Å². The van der Waals surface area contributed by atoms with E-state index in [4.69, 9.17) is 0 Å². The lowest BCUT2D eigenvalue weighted by atomic mass is 10.1. The third kappa shape index (κ3) is 3.45. The van der Waals surface area contributed by atoms with Crippen molar-refractivity contribution in [2.24, 2.45) is 7.05 Å². The molecule has 0 saturated carbocycles. The van der Waals surface area contributed by atoms with Crippen LogP contribution in [0.1, 0.15) is 33.4 Å². The summed E-state index contributed by atoms with van der Waals surface area (Å²) in [5.41, 5.74) is 3.94. The van der Waals surface area contributed by atoms with Crippen molar-refractivity contribution in [3.8, 4) is 5.82 Å². The topological polar surface area (TPSA) is 55.1 Å². The zero-order chi connectivity index (χ0) is 18.8. The van der Waals surface area contributed by atoms with E-state index in [2.05, 4.69) is 36.7 Å². The fourth-order valence-electron chi connectivity index (χ4n) is 3.21. The summed E-state index contributed by atoms with van der Waals surface area (Å²) in [7, 11) is 5.91. The monoisotopic (exact) mass is 371 g/mol. The molecule has 0 bridgehead atoms. The minimum absolute atomic E-state index is 0.109. The van der Waals surface area contributed by atoms with Crippen LogP contribution in [0, 0.1) is 13.8 Å². The van der Waals surface area contributed by atoms with Crippen molar-refractivity contribution < 1.29 is 4.79 Å². The highest BCUT2D eigenvalue weighted by Crippen LogP contribution is 2.22. The first-order valence-electron chi connectivity index (χ1n) is 8.54. The van der Waals surface area contributed by atoms with Gasteiger partial charge in [0.05, 0.1) is 12.2 Å². The van der Waals surface area contributed by atoms with E-state index in [1.165, 1.54) is 5.56 Å². The Morgan fingerprint density at radius 1 is 1.27 bits per heavy atom. The number of hydrogen-bond donors (Lipinski definition) is 1. The highest BCUT2D eigenvalue weighted by atomic mass is 32.1. The zero-order valence-electron chi connectivity index (χ0n) is 15.9. The highest BCUT2D eigenvalue weighted by molar-refractivity contribution is 7.07. The van der Waals surface area contributed by atoms with Gasteiger partial charge in [-0.2, -0.15) is 16.4 Å². The van der Waals surface area contributed by atoms with Gasteiger partial charge in [-0.05, 0) is 62.5 Å². The number of thiophene rings is 1. The van der Waals surface area contributed by atoms with Gasteiger partial charge in [0.15, 0.2) is 0 Å². The molecule has 26 heavy (non-hydrogen) atoms. The van der Waals surface area contributed by atoms with Crippen LogP contribution < -0.4 is 5.32 Å². The second-order valence-corrected chi connectivity index (χ2v) is 7.48. The van der Waals surface area contributed by atoms with Crippen molar-refractivity contribution in [2.45, 2.75) is 19.9 Å². The molecular weight excluding hydrogens is 346 g/mol. The molecule has 1 amide bonds. The van der Waals surface area contributed by atoms with Crippen molar-refractivity contribution in [1.82, 2.24) is 24.6 Å². The largest absolute Gasteiger partial charge is 0.350 e. The number of nitrogens with zero attached hydrogens (tertiary/aromatic N) is 4. The molecule has 7 heteroatoms. The summed E-state index contributed by atoms with van der Waals surface area (Å²) >= 11 is 1.67. The van der Waals surface area contributed by atoms with Gasteiger partial charge in [-0.3, -0.25) is 9.48 Å². The van der Waals surface area contributed by atoms with Gasteiger partial charge in [-0.1, -0.05) is 0 Å². The molecule has 6 nitrogen and oxygen atoms in total. The molecule has 0 aliphatic heterocycles. The molecule has 0 spiro atoms. The van der Waals surface area contributed by atoms with Crippen LogP contribution >= 0.6 is 11.3 Å². The van der Waals surface area contributed by atoms with Crippen LogP contribution in [0.4, 0.5) is 0 Å². The van der Waals surface area contributed by atoms with Gasteiger partial charge >= 0.3 is 0 Å². The number of aryl methyl sites for hydroxylation is 3. The smallest absolute Gasteiger partial charge is 0.256 e. The van der Waals surface area contributed by atoms with Gasteiger partial charge in [0, 0.05) is 25.0 Å². The summed E-state index contributed by atoms with van der Waals surface area (Å²) in [6, 6.07) is 6.33. The van der Waals surface area contributed by atoms with E-state index in [1.54, 1.807) is 22.2 Å². The molecule has 0 aliphatic rings. The molecule has 138 valence electrons. The Morgan fingerprint density at radius 2 is 1.96 bits per heavy atom. The third-order valence-corrected chi connectivity index (χ3v) is 5.34. The first kappa shape index (κ1) is 18.4. The molecule has 3 rings (SSSR count). The van der Waals surface area contributed by atoms with Crippen molar-refractivity contribution in [1.29, 1.82) is 0 Å². The van der Waals surface area contributed by atoms with Crippen molar-refractivity contribution in [3.05, 3.63) is 57.7 Å². The molecule has 0 saturated heterocycles. The fourth-order valence-corrected chi connectivity index (χ4v) is 3.91. The van der Waals surface area contributed by atoms with E-state index in [0.717, 1.165) is 17.2 Å². The minimum Gasteiger partial charge on any atom is -0.350 e. The number of amides is 1. The average molecular weight is 372 g/mol. The maximum Gasteiger partial charge on any atom is 0.256 e. The van der Waals surface area contributed by atoms with E-state index in [1.807, 2.05) is 47.1 Å². The zero-order valence-corrected chi connectivity index (χ0v) is 16.7. The molecule has 0 radical (unpaired) electrons. The summed E-state index contributed by atoms with van der Waals surface area (Å²) in [5, 5.41) is 11.6. The van der Waals surface area contributed by atoms with Gasteiger partial charge in [0.1, 0.15) is 11.4 Å². The van der Waals surface area contributed by atoms with E-state index in [0.29, 0.717) is 12.1 Å². The van der Waals surface area contributed by atoms with Crippen molar-refractivity contribution in [3.63, 3.8) is 0 Å². The molecular formula is C19H25N5OS. The number of hydrogen-bond acceptors (Lipinski definition) is 4. The molecule has 3 aromatic rings. The van der Waals surface area contributed by atoms with E-state index in [9.17, 15) is 4.79 Å². The van der Waals surface area contributed by atoms with E-state index >= 15 is 0 Å². The van der Waals surface area contributed by atoms with Crippen molar-refractivity contribution >= 4 is 17.2 Å². The predicted octanol–water partition coefficient (Wildman–Crippen LogP) is 2.92. The Balaban J connectivity index is 1.83. The molecule has 0 aliphatic carbocycles. The Hall–Kier alpha value is -2.38. The van der Waals surface area contributed by atoms with E-state index in [-0.39, 0.29) is 11.9 Å². The molecule has 0 aromatic carbocycles. The van der Waals surface area contributed by atoms with Crippen LogP contribution in [0.25, 0.3) is 5.82 Å². The maximum atomic E-state index is 12.9. The second kappa shape index (κ2) is 7.47. The summed E-state index contributed by atoms with van der Waals surface area (Å²) < 4.78 is 3.81. The van der Waals surface area contributed by atoms with Crippen LogP contribution in [0.15, 0.2) is 35.2 Å². The average Bonchev–Trinajstić information content (AvgIpc) is 3.30. The van der Waals surface area contributed by atoms with Gasteiger partial charge in [0.25, 0.3) is 5.91 Å². The van der Waals surface area contributed by atoms with Crippen LogP contribution in [0.3, 0.4) is 0 Å².